The number of fused-ring (bicyclic) bond motifs is 1. The Morgan fingerprint density at radius 3 is 2.72 bits per heavy atom. The van der Waals surface area contributed by atoms with Gasteiger partial charge in [-0.25, -0.2) is 0 Å². The maximum Gasteiger partial charge on any atom is 0.134 e. The lowest BCUT2D eigenvalue weighted by molar-refractivity contribution is 0.399. The summed E-state index contributed by atoms with van der Waals surface area (Å²) in [5.74, 6) is 1.72. The van der Waals surface area contributed by atoms with Gasteiger partial charge >= 0.3 is 0 Å². The number of hydrogen-bond acceptors (Lipinski definition) is 3. The smallest absolute Gasteiger partial charge is 0.134 e. The molecule has 0 bridgehead atoms. The van der Waals surface area contributed by atoms with Crippen molar-refractivity contribution in [1.29, 1.82) is 0 Å². The second kappa shape index (κ2) is 3.45. The molecule has 0 amide bonds. The van der Waals surface area contributed by atoms with Crippen LogP contribution < -0.4 is 5.32 Å². The fourth-order valence-corrected chi connectivity index (χ4v) is 3.27. The average molecular weight is 240 g/mol. The Labute approximate surface area is 106 Å². The molecular formula is C15H16N2O. The fourth-order valence-electron chi connectivity index (χ4n) is 3.27. The zero-order valence-electron chi connectivity index (χ0n) is 10.4. The third kappa shape index (κ3) is 1.37. The number of hydrogen-bond donors (Lipinski definition) is 1. The van der Waals surface area contributed by atoms with E-state index in [4.69, 9.17) is 4.52 Å². The van der Waals surface area contributed by atoms with Crippen LogP contribution in [-0.2, 0) is 5.41 Å². The lowest BCUT2D eigenvalue weighted by atomic mass is 9.94. The lowest BCUT2D eigenvalue weighted by Crippen LogP contribution is -2.19. The number of nitrogens with zero attached hydrogens (tertiary/aromatic N) is 1. The standard InChI is InChI=1S/C15H16N2O/c1-10-6-14(17-18-10)11-2-4-12(5-3-11)15-7-13(15)8-16-9-15/h2-6,13,16H,7-9H2,1H3/t13?,15-/m0/s1. The van der Waals surface area contributed by atoms with Crippen molar-refractivity contribution in [1.82, 2.24) is 10.5 Å². The van der Waals surface area contributed by atoms with E-state index in [0.29, 0.717) is 5.41 Å². The molecule has 4 rings (SSSR count). The summed E-state index contributed by atoms with van der Waals surface area (Å²) < 4.78 is 5.12. The molecule has 1 aromatic carbocycles. The van der Waals surface area contributed by atoms with E-state index in [2.05, 4.69) is 34.7 Å². The predicted octanol–water partition coefficient (Wildman–Crippen LogP) is 2.51. The summed E-state index contributed by atoms with van der Waals surface area (Å²) in [4.78, 5) is 0. The molecule has 0 radical (unpaired) electrons. The first kappa shape index (κ1) is 10.3. The Bertz CT molecular complexity index is 587. The highest BCUT2D eigenvalue weighted by Crippen LogP contribution is 2.56. The van der Waals surface area contributed by atoms with Crippen molar-refractivity contribution < 1.29 is 4.52 Å². The van der Waals surface area contributed by atoms with Crippen LogP contribution in [0.2, 0.25) is 0 Å². The molecular weight excluding hydrogens is 224 g/mol. The van der Waals surface area contributed by atoms with Gasteiger partial charge in [0.15, 0.2) is 0 Å². The second-order valence-corrected chi connectivity index (χ2v) is 5.59. The summed E-state index contributed by atoms with van der Waals surface area (Å²) >= 11 is 0. The van der Waals surface area contributed by atoms with E-state index in [1.165, 1.54) is 18.5 Å². The second-order valence-electron chi connectivity index (χ2n) is 5.59. The molecule has 2 aliphatic rings. The van der Waals surface area contributed by atoms with E-state index >= 15 is 0 Å². The van der Waals surface area contributed by atoms with Crippen LogP contribution in [0.1, 0.15) is 17.7 Å². The van der Waals surface area contributed by atoms with Crippen molar-refractivity contribution in [2.75, 3.05) is 13.1 Å². The van der Waals surface area contributed by atoms with Gasteiger partial charge in [0, 0.05) is 23.6 Å². The number of nitrogens with one attached hydrogen (secondary N) is 1. The van der Waals surface area contributed by atoms with E-state index < -0.39 is 0 Å². The molecule has 18 heavy (non-hydrogen) atoms. The molecule has 1 aliphatic carbocycles. The van der Waals surface area contributed by atoms with E-state index in [0.717, 1.165) is 29.5 Å². The SMILES string of the molecule is Cc1cc(-c2ccc([C@]34CNCC3C4)cc2)no1. The Hall–Kier alpha value is -1.61. The third-order valence-corrected chi connectivity index (χ3v) is 4.45. The van der Waals surface area contributed by atoms with Crippen molar-refractivity contribution in [3.63, 3.8) is 0 Å². The quantitative estimate of drug-likeness (QED) is 0.876. The molecule has 1 saturated carbocycles. The van der Waals surface area contributed by atoms with Gasteiger partial charge in [-0.1, -0.05) is 29.4 Å². The van der Waals surface area contributed by atoms with Gasteiger partial charge < -0.3 is 9.84 Å². The highest BCUT2D eigenvalue weighted by atomic mass is 16.5. The largest absolute Gasteiger partial charge is 0.361 e. The molecule has 3 nitrogen and oxygen atoms in total. The number of benzene rings is 1. The monoisotopic (exact) mass is 240 g/mol. The molecule has 1 saturated heterocycles. The first-order valence-corrected chi connectivity index (χ1v) is 6.53. The zero-order chi connectivity index (χ0) is 12.2. The van der Waals surface area contributed by atoms with E-state index in [1.54, 1.807) is 0 Å². The number of rotatable bonds is 2. The highest BCUT2D eigenvalue weighted by Gasteiger charge is 2.57. The molecule has 2 heterocycles. The highest BCUT2D eigenvalue weighted by molar-refractivity contribution is 5.60. The normalized spacial score (nSPS) is 29.3. The van der Waals surface area contributed by atoms with Gasteiger partial charge in [0.05, 0.1) is 0 Å². The van der Waals surface area contributed by atoms with Crippen LogP contribution in [0.4, 0.5) is 0 Å². The minimum absolute atomic E-state index is 0.443. The summed E-state index contributed by atoms with van der Waals surface area (Å²) in [5.41, 5.74) is 3.98. The van der Waals surface area contributed by atoms with Crippen LogP contribution in [0.15, 0.2) is 34.9 Å². The van der Waals surface area contributed by atoms with Crippen LogP contribution in [0.3, 0.4) is 0 Å². The van der Waals surface area contributed by atoms with Gasteiger partial charge in [-0.05, 0) is 31.4 Å². The van der Waals surface area contributed by atoms with Crippen LogP contribution in [0.5, 0.6) is 0 Å². The van der Waals surface area contributed by atoms with Gasteiger partial charge in [0.25, 0.3) is 0 Å². The molecule has 1 N–H and O–H groups in total. The Balaban J connectivity index is 1.66. The van der Waals surface area contributed by atoms with Crippen molar-refractivity contribution in [2.24, 2.45) is 5.92 Å². The molecule has 3 heteroatoms. The van der Waals surface area contributed by atoms with Crippen molar-refractivity contribution in [2.45, 2.75) is 18.8 Å². The maximum absolute atomic E-state index is 5.12. The van der Waals surface area contributed by atoms with Gasteiger partial charge in [0.1, 0.15) is 11.5 Å². The minimum atomic E-state index is 0.443. The molecule has 2 atom stereocenters. The van der Waals surface area contributed by atoms with Gasteiger partial charge in [0.2, 0.25) is 0 Å². The van der Waals surface area contributed by atoms with Crippen LogP contribution in [-0.4, -0.2) is 18.2 Å². The Morgan fingerprint density at radius 1 is 1.33 bits per heavy atom. The van der Waals surface area contributed by atoms with Crippen LogP contribution in [0.25, 0.3) is 11.3 Å². The summed E-state index contributed by atoms with van der Waals surface area (Å²) in [6, 6.07) is 10.8. The zero-order valence-corrected chi connectivity index (χ0v) is 10.4. The van der Waals surface area contributed by atoms with Crippen LogP contribution in [0, 0.1) is 12.8 Å². The Kier molecular flexibility index (Phi) is 1.98. The summed E-state index contributed by atoms with van der Waals surface area (Å²) in [6.07, 6.45) is 1.35. The molecule has 2 aromatic rings. The van der Waals surface area contributed by atoms with E-state index in [1.807, 2.05) is 13.0 Å². The number of piperidine rings is 1. The lowest BCUT2D eigenvalue weighted by Gasteiger charge is -2.12. The van der Waals surface area contributed by atoms with Crippen LogP contribution >= 0.6 is 0 Å². The van der Waals surface area contributed by atoms with E-state index in [-0.39, 0.29) is 0 Å². The van der Waals surface area contributed by atoms with Gasteiger partial charge in [-0.2, -0.15) is 0 Å². The molecule has 1 unspecified atom stereocenters. The van der Waals surface area contributed by atoms with Crippen molar-refractivity contribution >= 4 is 0 Å². The van der Waals surface area contributed by atoms with E-state index in [9.17, 15) is 0 Å². The molecule has 1 aliphatic heterocycles. The molecule has 0 spiro atoms. The number of aryl methyl sites for hydroxylation is 1. The van der Waals surface area contributed by atoms with Crippen molar-refractivity contribution in [3.05, 3.63) is 41.7 Å². The molecule has 1 aromatic heterocycles. The predicted molar refractivity (Wildman–Crippen MR) is 69.3 cm³/mol. The Morgan fingerprint density at radius 2 is 2.17 bits per heavy atom. The first-order valence-electron chi connectivity index (χ1n) is 6.53. The first-order chi connectivity index (χ1) is 8.78. The van der Waals surface area contributed by atoms with Gasteiger partial charge in [-0.15, -0.1) is 0 Å². The van der Waals surface area contributed by atoms with Gasteiger partial charge in [-0.3, -0.25) is 0 Å². The molecule has 2 fully saturated rings. The maximum atomic E-state index is 5.12. The average Bonchev–Trinajstić information content (AvgIpc) is 2.75. The summed E-state index contributed by atoms with van der Waals surface area (Å²) in [5, 5.41) is 7.54. The van der Waals surface area contributed by atoms with Crippen molar-refractivity contribution in [3.8, 4) is 11.3 Å². The minimum Gasteiger partial charge on any atom is -0.361 e. The topological polar surface area (TPSA) is 38.1 Å². The fraction of sp³-hybridized carbons (Fsp3) is 0.400. The third-order valence-electron chi connectivity index (χ3n) is 4.45. The summed E-state index contributed by atoms with van der Waals surface area (Å²) in [7, 11) is 0. The molecule has 92 valence electrons. The number of aromatic nitrogens is 1. The summed E-state index contributed by atoms with van der Waals surface area (Å²) in [6.45, 7) is 4.24.